The lowest BCUT2D eigenvalue weighted by molar-refractivity contribution is 0.415. The van der Waals surface area contributed by atoms with Gasteiger partial charge in [0.2, 0.25) is 0 Å². The summed E-state index contributed by atoms with van der Waals surface area (Å²) in [6, 6.07) is 15.0. The topological polar surface area (TPSA) is 42.4 Å². The molecule has 3 nitrogen and oxygen atoms in total. The van der Waals surface area contributed by atoms with Crippen molar-refractivity contribution in [2.75, 3.05) is 7.11 Å². The van der Waals surface area contributed by atoms with Crippen molar-refractivity contribution in [2.24, 2.45) is 0 Å². The van der Waals surface area contributed by atoms with E-state index in [4.69, 9.17) is 9.72 Å². The van der Waals surface area contributed by atoms with Gasteiger partial charge in [-0.2, -0.15) is 0 Å². The van der Waals surface area contributed by atoms with Crippen molar-refractivity contribution in [1.82, 2.24) is 4.98 Å². The number of aryl methyl sites for hydroxylation is 1. The zero-order valence-electron chi connectivity index (χ0n) is 11.8. The molecule has 21 heavy (non-hydrogen) atoms. The first-order chi connectivity index (χ1) is 10.2. The smallest absolute Gasteiger partial charge is 0.124 e. The fourth-order valence-electron chi connectivity index (χ4n) is 2.14. The third kappa shape index (κ3) is 2.76. The quantitative estimate of drug-likeness (QED) is 0.774. The molecule has 3 aromatic rings. The highest BCUT2D eigenvalue weighted by molar-refractivity contribution is 7.15. The molecule has 106 valence electrons. The predicted molar refractivity (Wildman–Crippen MR) is 85.9 cm³/mol. The lowest BCUT2D eigenvalue weighted by Gasteiger charge is -2.01. The van der Waals surface area contributed by atoms with Crippen molar-refractivity contribution in [3.8, 4) is 33.3 Å². The van der Waals surface area contributed by atoms with Crippen molar-refractivity contribution in [3.63, 3.8) is 0 Å². The van der Waals surface area contributed by atoms with Gasteiger partial charge >= 0.3 is 0 Å². The maximum atomic E-state index is 9.36. The zero-order chi connectivity index (χ0) is 14.8. The maximum Gasteiger partial charge on any atom is 0.124 e. The second-order valence-electron chi connectivity index (χ2n) is 4.70. The minimum absolute atomic E-state index is 0.266. The molecule has 0 atom stereocenters. The Morgan fingerprint density at radius 2 is 1.57 bits per heavy atom. The lowest BCUT2D eigenvalue weighted by Crippen LogP contribution is -1.84. The molecular weight excluding hydrogens is 282 g/mol. The van der Waals surface area contributed by atoms with Crippen LogP contribution in [-0.4, -0.2) is 17.2 Å². The number of hydrogen-bond acceptors (Lipinski definition) is 4. The molecule has 0 aliphatic carbocycles. The van der Waals surface area contributed by atoms with E-state index < -0.39 is 0 Å². The van der Waals surface area contributed by atoms with Gasteiger partial charge in [0.25, 0.3) is 0 Å². The Balaban J connectivity index is 1.98. The van der Waals surface area contributed by atoms with Crippen LogP contribution in [0.15, 0.2) is 48.5 Å². The molecule has 0 aliphatic heterocycles. The molecule has 3 rings (SSSR count). The summed E-state index contributed by atoms with van der Waals surface area (Å²) in [6.07, 6.45) is 0. The fraction of sp³-hybridized carbons (Fsp3) is 0.118. The monoisotopic (exact) mass is 297 g/mol. The molecule has 0 amide bonds. The Morgan fingerprint density at radius 3 is 2.19 bits per heavy atom. The van der Waals surface area contributed by atoms with Crippen molar-refractivity contribution in [1.29, 1.82) is 0 Å². The molecule has 1 aromatic heterocycles. The predicted octanol–water partition coefficient (Wildman–Crippen LogP) is 4.50. The van der Waals surface area contributed by atoms with Gasteiger partial charge in [-0.25, -0.2) is 4.98 Å². The molecule has 0 saturated carbocycles. The SMILES string of the molecule is COc1ccc(-c2nc(-c3ccc(O)cc3)sc2C)cc1. The third-order valence-corrected chi connectivity index (χ3v) is 4.29. The molecular formula is C17H15NO2S. The van der Waals surface area contributed by atoms with E-state index in [9.17, 15) is 5.11 Å². The van der Waals surface area contributed by atoms with E-state index in [-0.39, 0.29) is 5.75 Å². The van der Waals surface area contributed by atoms with Crippen LogP contribution < -0.4 is 4.74 Å². The van der Waals surface area contributed by atoms with E-state index in [1.807, 2.05) is 36.4 Å². The van der Waals surface area contributed by atoms with Crippen LogP contribution in [0.4, 0.5) is 0 Å². The van der Waals surface area contributed by atoms with Crippen LogP contribution >= 0.6 is 11.3 Å². The number of hydrogen-bond donors (Lipinski definition) is 1. The summed E-state index contributed by atoms with van der Waals surface area (Å²) >= 11 is 1.65. The highest BCUT2D eigenvalue weighted by Crippen LogP contribution is 2.34. The first-order valence-electron chi connectivity index (χ1n) is 6.58. The fourth-order valence-corrected chi connectivity index (χ4v) is 3.08. The van der Waals surface area contributed by atoms with E-state index in [0.717, 1.165) is 27.6 Å². The number of aromatic nitrogens is 1. The summed E-state index contributed by atoms with van der Waals surface area (Å²) in [5, 5.41) is 10.3. The molecule has 0 fully saturated rings. The van der Waals surface area contributed by atoms with Crippen LogP contribution in [-0.2, 0) is 0 Å². The van der Waals surface area contributed by atoms with E-state index in [0.29, 0.717) is 0 Å². The second-order valence-corrected chi connectivity index (χ2v) is 5.90. The van der Waals surface area contributed by atoms with Crippen LogP contribution in [0.2, 0.25) is 0 Å². The van der Waals surface area contributed by atoms with Gasteiger partial charge in [-0.1, -0.05) is 0 Å². The molecule has 0 saturated heterocycles. The molecule has 2 aromatic carbocycles. The number of methoxy groups -OCH3 is 1. The largest absolute Gasteiger partial charge is 0.508 e. The summed E-state index contributed by atoms with van der Waals surface area (Å²) in [4.78, 5) is 5.90. The van der Waals surface area contributed by atoms with Crippen molar-refractivity contribution in [2.45, 2.75) is 6.92 Å². The lowest BCUT2D eigenvalue weighted by atomic mass is 10.1. The van der Waals surface area contributed by atoms with Crippen LogP contribution in [0.25, 0.3) is 21.8 Å². The number of rotatable bonds is 3. The van der Waals surface area contributed by atoms with Crippen LogP contribution in [0.5, 0.6) is 11.5 Å². The Hall–Kier alpha value is -2.33. The number of thiazole rings is 1. The van der Waals surface area contributed by atoms with Gasteiger partial charge < -0.3 is 9.84 Å². The van der Waals surface area contributed by atoms with E-state index in [1.54, 1.807) is 30.6 Å². The molecule has 1 N–H and O–H groups in total. The van der Waals surface area contributed by atoms with Gasteiger partial charge in [0.15, 0.2) is 0 Å². The molecule has 0 aliphatic rings. The van der Waals surface area contributed by atoms with E-state index >= 15 is 0 Å². The zero-order valence-corrected chi connectivity index (χ0v) is 12.6. The van der Waals surface area contributed by atoms with Gasteiger partial charge in [-0.05, 0) is 55.5 Å². The van der Waals surface area contributed by atoms with Crippen molar-refractivity contribution < 1.29 is 9.84 Å². The number of phenols is 1. The minimum Gasteiger partial charge on any atom is -0.508 e. The summed E-state index contributed by atoms with van der Waals surface area (Å²) < 4.78 is 5.18. The minimum atomic E-state index is 0.266. The average molecular weight is 297 g/mol. The third-order valence-electron chi connectivity index (χ3n) is 3.27. The van der Waals surface area contributed by atoms with Gasteiger partial charge in [0, 0.05) is 16.0 Å². The summed E-state index contributed by atoms with van der Waals surface area (Å²) in [6.45, 7) is 2.07. The summed E-state index contributed by atoms with van der Waals surface area (Å²) in [5.41, 5.74) is 3.08. The van der Waals surface area contributed by atoms with Crippen LogP contribution in [0, 0.1) is 6.92 Å². The van der Waals surface area contributed by atoms with Gasteiger partial charge in [-0.15, -0.1) is 11.3 Å². The Morgan fingerprint density at radius 1 is 0.952 bits per heavy atom. The molecule has 0 unspecified atom stereocenters. The first kappa shape index (κ1) is 13.6. The summed E-state index contributed by atoms with van der Waals surface area (Å²) in [7, 11) is 1.66. The maximum absolute atomic E-state index is 9.36. The van der Waals surface area contributed by atoms with Gasteiger partial charge in [0.1, 0.15) is 16.5 Å². The highest BCUT2D eigenvalue weighted by Gasteiger charge is 2.11. The Bertz CT molecular complexity index is 745. The van der Waals surface area contributed by atoms with E-state index in [1.165, 1.54) is 4.88 Å². The Kier molecular flexibility index (Phi) is 3.62. The van der Waals surface area contributed by atoms with Crippen molar-refractivity contribution >= 4 is 11.3 Å². The first-order valence-corrected chi connectivity index (χ1v) is 7.40. The van der Waals surface area contributed by atoms with Gasteiger partial charge in [0.05, 0.1) is 12.8 Å². The molecule has 0 spiro atoms. The van der Waals surface area contributed by atoms with Crippen molar-refractivity contribution in [3.05, 3.63) is 53.4 Å². The number of aromatic hydroxyl groups is 1. The molecule has 0 bridgehead atoms. The number of ether oxygens (including phenoxy) is 1. The second kappa shape index (κ2) is 5.58. The Labute approximate surface area is 127 Å². The normalized spacial score (nSPS) is 10.6. The van der Waals surface area contributed by atoms with E-state index in [2.05, 4.69) is 6.92 Å². The molecule has 1 heterocycles. The molecule has 4 heteroatoms. The number of phenolic OH excluding ortho intramolecular Hbond substituents is 1. The highest BCUT2D eigenvalue weighted by atomic mass is 32.1. The molecule has 0 radical (unpaired) electrons. The standard InChI is InChI=1S/C17H15NO2S/c1-11-16(12-5-9-15(20-2)10-6-12)18-17(21-11)13-3-7-14(19)8-4-13/h3-10,19H,1-2H3. The number of benzene rings is 2. The van der Waals surface area contributed by atoms with Gasteiger partial charge in [-0.3, -0.25) is 0 Å². The average Bonchev–Trinajstić information content (AvgIpc) is 2.90. The summed E-state index contributed by atoms with van der Waals surface area (Å²) in [5.74, 6) is 1.10. The van der Waals surface area contributed by atoms with Crippen LogP contribution in [0.1, 0.15) is 4.88 Å². The van der Waals surface area contributed by atoms with Crippen LogP contribution in [0.3, 0.4) is 0 Å². The number of nitrogens with zero attached hydrogens (tertiary/aromatic N) is 1.